The average molecular weight is 233 g/mol. The lowest BCUT2D eigenvalue weighted by atomic mass is 10.1. The van der Waals surface area contributed by atoms with E-state index in [4.69, 9.17) is 0 Å². The van der Waals surface area contributed by atoms with Crippen molar-refractivity contribution in [3.8, 4) is 0 Å². The van der Waals surface area contributed by atoms with Crippen LogP contribution in [-0.4, -0.2) is 11.7 Å². The van der Waals surface area contributed by atoms with Gasteiger partial charge in [-0.25, -0.2) is 0 Å². The number of rotatable bonds is 5. The molecule has 2 nitrogen and oxygen atoms in total. The van der Waals surface area contributed by atoms with Gasteiger partial charge in [0.15, 0.2) is 0 Å². The van der Waals surface area contributed by atoms with Gasteiger partial charge in [-0.2, -0.15) is 11.3 Å². The van der Waals surface area contributed by atoms with E-state index in [1.807, 2.05) is 30.3 Å². The standard InChI is InChI=1S/C13H15NOS/c15-9-13(12-4-2-1-3-5-12)14-8-11-6-7-16-10-11/h1-7,10,13-15H,8-9H2. The zero-order chi connectivity index (χ0) is 11.2. The summed E-state index contributed by atoms with van der Waals surface area (Å²) >= 11 is 1.69. The molecule has 2 rings (SSSR count). The van der Waals surface area contributed by atoms with Gasteiger partial charge in [0.2, 0.25) is 0 Å². The molecule has 0 aliphatic rings. The molecule has 1 atom stereocenters. The van der Waals surface area contributed by atoms with Crippen LogP contribution in [0.4, 0.5) is 0 Å². The average Bonchev–Trinajstić information content (AvgIpc) is 2.84. The molecular weight excluding hydrogens is 218 g/mol. The van der Waals surface area contributed by atoms with Crippen molar-refractivity contribution in [2.45, 2.75) is 12.6 Å². The van der Waals surface area contributed by atoms with Crippen LogP contribution in [0.5, 0.6) is 0 Å². The van der Waals surface area contributed by atoms with E-state index in [-0.39, 0.29) is 12.6 Å². The maximum atomic E-state index is 9.35. The van der Waals surface area contributed by atoms with Gasteiger partial charge in [0.05, 0.1) is 12.6 Å². The molecule has 84 valence electrons. The molecule has 0 saturated carbocycles. The molecule has 0 radical (unpaired) electrons. The Kier molecular flexibility index (Phi) is 4.10. The molecule has 0 fully saturated rings. The van der Waals surface area contributed by atoms with Crippen LogP contribution in [0.25, 0.3) is 0 Å². The molecule has 1 aromatic carbocycles. The van der Waals surface area contributed by atoms with Crippen LogP contribution >= 0.6 is 11.3 Å². The summed E-state index contributed by atoms with van der Waals surface area (Å²) in [6, 6.07) is 12.1. The molecule has 1 heterocycles. The molecule has 0 aliphatic heterocycles. The van der Waals surface area contributed by atoms with Gasteiger partial charge in [0, 0.05) is 6.54 Å². The predicted molar refractivity (Wildman–Crippen MR) is 67.4 cm³/mol. The van der Waals surface area contributed by atoms with Crippen LogP contribution in [0.2, 0.25) is 0 Å². The van der Waals surface area contributed by atoms with Crippen molar-refractivity contribution in [2.24, 2.45) is 0 Å². The van der Waals surface area contributed by atoms with Crippen molar-refractivity contribution in [1.82, 2.24) is 5.32 Å². The third kappa shape index (κ3) is 2.92. The summed E-state index contributed by atoms with van der Waals surface area (Å²) in [5.41, 5.74) is 2.39. The van der Waals surface area contributed by atoms with E-state index < -0.39 is 0 Å². The maximum absolute atomic E-state index is 9.35. The highest BCUT2D eigenvalue weighted by molar-refractivity contribution is 7.07. The second kappa shape index (κ2) is 5.80. The van der Waals surface area contributed by atoms with Crippen molar-refractivity contribution in [1.29, 1.82) is 0 Å². The molecule has 0 bridgehead atoms. The monoisotopic (exact) mass is 233 g/mol. The summed E-state index contributed by atoms with van der Waals surface area (Å²) in [6.45, 7) is 0.914. The molecule has 0 aliphatic carbocycles. The molecular formula is C13H15NOS. The molecule has 16 heavy (non-hydrogen) atoms. The molecule has 2 N–H and O–H groups in total. The Morgan fingerprint density at radius 2 is 2.00 bits per heavy atom. The van der Waals surface area contributed by atoms with Gasteiger partial charge in [0.1, 0.15) is 0 Å². The fraction of sp³-hybridized carbons (Fsp3) is 0.231. The van der Waals surface area contributed by atoms with Gasteiger partial charge in [-0.15, -0.1) is 0 Å². The fourth-order valence-electron chi connectivity index (χ4n) is 1.61. The van der Waals surface area contributed by atoms with Crippen molar-refractivity contribution in [3.05, 3.63) is 58.3 Å². The van der Waals surface area contributed by atoms with Gasteiger partial charge in [0.25, 0.3) is 0 Å². The highest BCUT2D eigenvalue weighted by Gasteiger charge is 2.08. The summed E-state index contributed by atoms with van der Waals surface area (Å²) < 4.78 is 0. The Balaban J connectivity index is 1.96. The summed E-state index contributed by atoms with van der Waals surface area (Å²) in [5, 5.41) is 16.9. The second-order valence-electron chi connectivity index (χ2n) is 3.66. The van der Waals surface area contributed by atoms with Crippen molar-refractivity contribution >= 4 is 11.3 Å². The number of nitrogens with one attached hydrogen (secondary N) is 1. The Bertz CT molecular complexity index is 399. The Morgan fingerprint density at radius 3 is 2.62 bits per heavy atom. The first-order chi connectivity index (χ1) is 7.90. The molecule has 3 heteroatoms. The highest BCUT2D eigenvalue weighted by atomic mass is 32.1. The smallest absolute Gasteiger partial charge is 0.0626 e. The van der Waals surface area contributed by atoms with E-state index >= 15 is 0 Å². The molecule has 1 aromatic heterocycles. The third-order valence-corrected chi connectivity index (χ3v) is 3.25. The minimum atomic E-state index is 0.0149. The predicted octanol–water partition coefficient (Wildman–Crippen LogP) is 2.57. The Morgan fingerprint density at radius 1 is 1.19 bits per heavy atom. The third-order valence-electron chi connectivity index (χ3n) is 2.52. The van der Waals surface area contributed by atoms with Gasteiger partial charge in [-0.1, -0.05) is 30.3 Å². The lowest BCUT2D eigenvalue weighted by molar-refractivity contribution is 0.243. The van der Waals surface area contributed by atoms with Gasteiger partial charge < -0.3 is 10.4 Å². The summed E-state index contributed by atoms with van der Waals surface area (Å²) in [4.78, 5) is 0. The Labute approximate surface area is 99.6 Å². The summed E-state index contributed by atoms with van der Waals surface area (Å²) in [7, 11) is 0. The first-order valence-electron chi connectivity index (χ1n) is 5.30. The van der Waals surface area contributed by atoms with Gasteiger partial charge >= 0.3 is 0 Å². The number of aliphatic hydroxyl groups is 1. The van der Waals surface area contributed by atoms with E-state index in [1.165, 1.54) is 5.56 Å². The van der Waals surface area contributed by atoms with E-state index in [0.29, 0.717) is 0 Å². The van der Waals surface area contributed by atoms with E-state index in [9.17, 15) is 5.11 Å². The minimum absolute atomic E-state index is 0.0149. The van der Waals surface area contributed by atoms with Crippen molar-refractivity contribution in [3.63, 3.8) is 0 Å². The Hall–Kier alpha value is -1.16. The molecule has 0 saturated heterocycles. The van der Waals surface area contributed by atoms with Crippen molar-refractivity contribution in [2.75, 3.05) is 6.61 Å². The first kappa shape index (κ1) is 11.3. The number of aliphatic hydroxyl groups excluding tert-OH is 1. The SMILES string of the molecule is OCC(NCc1ccsc1)c1ccccc1. The van der Waals surface area contributed by atoms with Gasteiger partial charge in [-0.3, -0.25) is 0 Å². The van der Waals surface area contributed by atoms with Gasteiger partial charge in [-0.05, 0) is 28.0 Å². The first-order valence-corrected chi connectivity index (χ1v) is 6.24. The topological polar surface area (TPSA) is 32.3 Å². The molecule has 1 unspecified atom stereocenters. The van der Waals surface area contributed by atoms with Crippen LogP contribution < -0.4 is 5.32 Å². The number of benzene rings is 1. The zero-order valence-electron chi connectivity index (χ0n) is 8.97. The second-order valence-corrected chi connectivity index (χ2v) is 4.44. The summed E-state index contributed by atoms with van der Waals surface area (Å²) in [6.07, 6.45) is 0. The zero-order valence-corrected chi connectivity index (χ0v) is 9.78. The fourth-order valence-corrected chi connectivity index (χ4v) is 2.28. The van der Waals surface area contributed by atoms with Crippen LogP contribution in [0.3, 0.4) is 0 Å². The lowest BCUT2D eigenvalue weighted by Gasteiger charge is -2.16. The number of thiophene rings is 1. The van der Waals surface area contributed by atoms with Crippen LogP contribution in [0.1, 0.15) is 17.2 Å². The lowest BCUT2D eigenvalue weighted by Crippen LogP contribution is -2.23. The maximum Gasteiger partial charge on any atom is 0.0626 e. The molecule has 0 amide bonds. The highest BCUT2D eigenvalue weighted by Crippen LogP contribution is 2.13. The van der Waals surface area contributed by atoms with Crippen molar-refractivity contribution < 1.29 is 5.11 Å². The largest absolute Gasteiger partial charge is 0.394 e. The van der Waals surface area contributed by atoms with Crippen LogP contribution in [-0.2, 0) is 6.54 Å². The van der Waals surface area contributed by atoms with Crippen LogP contribution in [0.15, 0.2) is 47.2 Å². The molecule has 0 spiro atoms. The number of hydrogen-bond donors (Lipinski definition) is 2. The summed E-state index contributed by atoms with van der Waals surface area (Å²) in [5.74, 6) is 0. The quantitative estimate of drug-likeness (QED) is 0.832. The number of hydrogen-bond acceptors (Lipinski definition) is 3. The van der Waals surface area contributed by atoms with E-state index in [1.54, 1.807) is 11.3 Å². The molecule has 2 aromatic rings. The van der Waals surface area contributed by atoms with E-state index in [2.05, 4.69) is 22.1 Å². The van der Waals surface area contributed by atoms with E-state index in [0.717, 1.165) is 12.1 Å². The van der Waals surface area contributed by atoms with Crippen LogP contribution in [0, 0.1) is 0 Å². The normalized spacial score (nSPS) is 12.6. The minimum Gasteiger partial charge on any atom is -0.394 e.